The first kappa shape index (κ1) is 22.6. The monoisotopic (exact) mass is 358 g/mol. The molecule has 0 amide bonds. The molecule has 5 heteroatoms. The van der Waals surface area contributed by atoms with Gasteiger partial charge in [0.2, 0.25) is 19.5 Å². The maximum absolute atomic E-state index is 5.88. The molecule has 0 aliphatic rings. The summed E-state index contributed by atoms with van der Waals surface area (Å²) in [5.74, 6) is 0.915. The summed E-state index contributed by atoms with van der Waals surface area (Å²) < 4.78 is 11.7. The van der Waals surface area contributed by atoms with Gasteiger partial charge < -0.3 is 8.54 Å². The molecular formula is C17H38O2Si3. The molecule has 22 heavy (non-hydrogen) atoms. The zero-order valence-corrected chi connectivity index (χ0v) is 18.7. The minimum atomic E-state index is -1.33. The molecular weight excluding hydrogens is 320 g/mol. The summed E-state index contributed by atoms with van der Waals surface area (Å²) in [4.78, 5) is 0. The molecule has 1 atom stereocenters. The molecule has 0 bridgehead atoms. The highest BCUT2D eigenvalue weighted by Gasteiger charge is 2.20. The topological polar surface area (TPSA) is 18.5 Å². The minimum absolute atomic E-state index is 0.657. The first-order valence-electron chi connectivity index (χ1n) is 9.21. The average molecular weight is 359 g/mol. The summed E-state index contributed by atoms with van der Waals surface area (Å²) >= 11 is 0. The van der Waals surface area contributed by atoms with Crippen molar-refractivity contribution in [2.75, 3.05) is 6.61 Å². The molecule has 0 fully saturated rings. The number of hydrogen-bond acceptors (Lipinski definition) is 2. The highest BCUT2D eigenvalue weighted by Crippen LogP contribution is 2.16. The van der Waals surface area contributed by atoms with E-state index in [9.17, 15) is 0 Å². The third kappa shape index (κ3) is 15.5. The summed E-state index contributed by atoms with van der Waals surface area (Å²) in [6.07, 6.45) is 10.7. The van der Waals surface area contributed by atoms with Crippen LogP contribution in [0.3, 0.4) is 0 Å². The molecule has 130 valence electrons. The zero-order valence-electron chi connectivity index (χ0n) is 15.7. The number of unbranched alkanes of at least 4 members (excludes halogenated alkanes) is 3. The second-order valence-electron chi connectivity index (χ2n) is 7.01. The fourth-order valence-electron chi connectivity index (χ4n) is 2.70. The molecule has 0 heterocycles. The van der Waals surface area contributed by atoms with Crippen molar-refractivity contribution in [2.24, 2.45) is 5.92 Å². The molecule has 0 aromatic heterocycles. The van der Waals surface area contributed by atoms with E-state index in [2.05, 4.69) is 33.5 Å². The normalized spacial score (nSPS) is 13.5. The van der Waals surface area contributed by atoms with Crippen LogP contribution in [0.4, 0.5) is 0 Å². The van der Waals surface area contributed by atoms with E-state index in [0.717, 1.165) is 12.5 Å². The zero-order chi connectivity index (χ0) is 16.7. The van der Waals surface area contributed by atoms with Gasteiger partial charge in [-0.1, -0.05) is 58.8 Å². The molecule has 0 N–H and O–H groups in total. The molecule has 0 aliphatic heterocycles. The van der Waals surface area contributed by atoms with Crippen LogP contribution in [-0.4, -0.2) is 34.5 Å². The molecule has 0 saturated heterocycles. The highest BCUT2D eigenvalue weighted by molar-refractivity contribution is 6.74. The van der Waals surface area contributed by atoms with Crippen LogP contribution in [0.2, 0.25) is 31.7 Å². The van der Waals surface area contributed by atoms with E-state index in [4.69, 9.17) is 8.54 Å². The van der Waals surface area contributed by atoms with Gasteiger partial charge in [-0.2, -0.15) is 0 Å². The van der Waals surface area contributed by atoms with Gasteiger partial charge in [0.25, 0.3) is 0 Å². The third-order valence-electron chi connectivity index (χ3n) is 4.01. The fourth-order valence-corrected chi connectivity index (χ4v) is 7.25. The maximum Gasteiger partial charge on any atom is 0.229 e. The summed E-state index contributed by atoms with van der Waals surface area (Å²) in [6.45, 7) is 12.5. The number of rotatable bonds is 16. The van der Waals surface area contributed by atoms with Crippen LogP contribution in [0.15, 0.2) is 0 Å². The average Bonchev–Trinajstić information content (AvgIpc) is 2.45. The van der Waals surface area contributed by atoms with Gasteiger partial charge in [-0.15, -0.1) is 0 Å². The van der Waals surface area contributed by atoms with E-state index in [1.807, 2.05) is 0 Å². The van der Waals surface area contributed by atoms with Crippen molar-refractivity contribution >= 4 is 27.8 Å². The van der Waals surface area contributed by atoms with Crippen LogP contribution in [0.5, 0.6) is 0 Å². The second kappa shape index (κ2) is 15.1. The summed E-state index contributed by atoms with van der Waals surface area (Å²) in [6, 6.07) is 2.54. The Hall–Kier alpha value is 0.571. The Kier molecular flexibility index (Phi) is 15.5. The molecule has 1 unspecified atom stereocenters. The highest BCUT2D eigenvalue weighted by atomic mass is 28.4. The fraction of sp³-hybridized carbons (Fsp3) is 1.00. The van der Waals surface area contributed by atoms with E-state index in [0.29, 0.717) is 19.5 Å². The van der Waals surface area contributed by atoms with Crippen molar-refractivity contribution in [1.82, 2.24) is 0 Å². The predicted octanol–water partition coefficient (Wildman–Crippen LogP) is 5.71. The van der Waals surface area contributed by atoms with Crippen molar-refractivity contribution in [1.29, 1.82) is 0 Å². The van der Waals surface area contributed by atoms with Crippen LogP contribution in [0.25, 0.3) is 0 Å². The van der Waals surface area contributed by atoms with Gasteiger partial charge in [-0.3, -0.25) is 0 Å². The maximum atomic E-state index is 5.88. The van der Waals surface area contributed by atoms with Gasteiger partial charge >= 0.3 is 0 Å². The standard InChI is InChI=1S/C17H38O2Si3/c1-6-12-17(2)13-8-7-9-14-18-21-15-10-11-16-22(4,5)19-20-3/h17H,6-16H2,1-5H3. The van der Waals surface area contributed by atoms with Gasteiger partial charge in [0.05, 0.1) is 0 Å². The Balaban J connectivity index is 3.21. The van der Waals surface area contributed by atoms with Gasteiger partial charge in [0.1, 0.15) is 0 Å². The largest absolute Gasteiger partial charge is 0.456 e. The van der Waals surface area contributed by atoms with Crippen molar-refractivity contribution in [3.63, 3.8) is 0 Å². The lowest BCUT2D eigenvalue weighted by molar-refractivity contribution is 0.316. The van der Waals surface area contributed by atoms with Crippen molar-refractivity contribution in [2.45, 2.75) is 96.9 Å². The first-order valence-corrected chi connectivity index (χ1v) is 14.8. The SMILES string of the molecule is CCCC(C)CCCCCO[Si]CCCC[Si](C)(C)O[Si]C. The Bertz CT molecular complexity index is 238. The minimum Gasteiger partial charge on any atom is -0.456 e. The van der Waals surface area contributed by atoms with Gasteiger partial charge in [0, 0.05) is 6.61 Å². The molecule has 0 aromatic carbocycles. The molecule has 0 saturated carbocycles. The lowest BCUT2D eigenvalue weighted by Crippen LogP contribution is -2.30. The molecule has 4 radical (unpaired) electrons. The van der Waals surface area contributed by atoms with E-state index in [-0.39, 0.29) is 0 Å². The van der Waals surface area contributed by atoms with E-state index in [1.165, 1.54) is 63.5 Å². The molecule has 0 aliphatic carbocycles. The van der Waals surface area contributed by atoms with Crippen LogP contribution >= 0.6 is 0 Å². The first-order chi connectivity index (χ1) is 10.5. The summed E-state index contributed by atoms with van der Waals surface area (Å²) in [7, 11) is 0.0329. The smallest absolute Gasteiger partial charge is 0.229 e. The van der Waals surface area contributed by atoms with Gasteiger partial charge in [-0.25, -0.2) is 0 Å². The molecule has 0 spiro atoms. The third-order valence-corrected chi connectivity index (χ3v) is 9.56. The Morgan fingerprint density at radius 1 is 1.00 bits per heavy atom. The lowest BCUT2D eigenvalue weighted by atomic mass is 9.99. The van der Waals surface area contributed by atoms with Crippen molar-refractivity contribution < 1.29 is 8.54 Å². The Labute approximate surface area is 146 Å². The second-order valence-corrected chi connectivity index (χ2v) is 13.3. The van der Waals surface area contributed by atoms with Crippen LogP contribution < -0.4 is 0 Å². The van der Waals surface area contributed by atoms with Gasteiger partial charge in [-0.05, 0) is 44.1 Å². The molecule has 0 rings (SSSR count). The van der Waals surface area contributed by atoms with E-state index in [1.54, 1.807) is 0 Å². The summed E-state index contributed by atoms with van der Waals surface area (Å²) in [5, 5.41) is 0. The Morgan fingerprint density at radius 2 is 1.77 bits per heavy atom. The van der Waals surface area contributed by atoms with E-state index < -0.39 is 8.32 Å². The van der Waals surface area contributed by atoms with E-state index >= 15 is 0 Å². The summed E-state index contributed by atoms with van der Waals surface area (Å²) in [5.41, 5.74) is 0. The van der Waals surface area contributed by atoms with Crippen LogP contribution in [0.1, 0.15) is 65.2 Å². The molecule has 0 aromatic rings. The van der Waals surface area contributed by atoms with Gasteiger partial charge in [0.15, 0.2) is 8.32 Å². The quantitative estimate of drug-likeness (QED) is 0.260. The van der Waals surface area contributed by atoms with Crippen molar-refractivity contribution in [3.05, 3.63) is 0 Å². The predicted molar refractivity (Wildman–Crippen MR) is 103 cm³/mol. The number of hydrogen-bond donors (Lipinski definition) is 0. The van der Waals surface area contributed by atoms with Crippen LogP contribution in [-0.2, 0) is 8.54 Å². The molecule has 2 nitrogen and oxygen atoms in total. The van der Waals surface area contributed by atoms with Crippen molar-refractivity contribution in [3.8, 4) is 0 Å². The Morgan fingerprint density at radius 3 is 2.45 bits per heavy atom. The van der Waals surface area contributed by atoms with Crippen LogP contribution in [0, 0.1) is 5.92 Å². The lowest BCUT2D eigenvalue weighted by Gasteiger charge is -2.21.